The fraction of sp³-hybridized carbons (Fsp3) is 0.500. The number of carbonyl (C=O) groups excluding carboxylic acids is 1. The van der Waals surface area contributed by atoms with E-state index in [9.17, 15) is 14.9 Å². The SMILES string of the molecule is CCCOc1cc(NC2CCN(C)C2=O)ccc1[N+](=O)[O-]. The molecule has 1 aromatic carbocycles. The van der Waals surface area contributed by atoms with Gasteiger partial charge in [0.2, 0.25) is 5.91 Å². The Morgan fingerprint density at radius 1 is 1.52 bits per heavy atom. The van der Waals surface area contributed by atoms with Gasteiger partial charge in [0, 0.05) is 31.4 Å². The highest BCUT2D eigenvalue weighted by Crippen LogP contribution is 2.31. The summed E-state index contributed by atoms with van der Waals surface area (Å²) in [5, 5.41) is 14.1. The van der Waals surface area contributed by atoms with Crippen molar-refractivity contribution in [3.8, 4) is 5.75 Å². The minimum Gasteiger partial charge on any atom is -0.487 e. The predicted octanol–water partition coefficient (Wildman–Crippen LogP) is 2.03. The quantitative estimate of drug-likeness (QED) is 0.640. The fourth-order valence-electron chi connectivity index (χ4n) is 2.24. The van der Waals surface area contributed by atoms with Crippen LogP contribution < -0.4 is 10.1 Å². The summed E-state index contributed by atoms with van der Waals surface area (Å²) in [6.45, 7) is 3.05. The van der Waals surface area contributed by atoms with Gasteiger partial charge in [-0.05, 0) is 18.9 Å². The first-order valence-electron chi connectivity index (χ1n) is 6.95. The van der Waals surface area contributed by atoms with Crippen molar-refractivity contribution < 1.29 is 14.5 Å². The van der Waals surface area contributed by atoms with E-state index in [1.54, 1.807) is 24.1 Å². The molecule has 0 spiro atoms. The number of nitrogens with one attached hydrogen (secondary N) is 1. The molecule has 0 radical (unpaired) electrons. The van der Waals surface area contributed by atoms with Crippen LogP contribution in [0, 0.1) is 10.1 Å². The molecule has 1 amide bonds. The third kappa shape index (κ3) is 3.42. The monoisotopic (exact) mass is 293 g/mol. The summed E-state index contributed by atoms with van der Waals surface area (Å²) in [4.78, 5) is 24.0. The van der Waals surface area contributed by atoms with E-state index in [0.29, 0.717) is 18.8 Å². The topological polar surface area (TPSA) is 84.7 Å². The smallest absolute Gasteiger partial charge is 0.311 e. The Morgan fingerprint density at radius 3 is 2.86 bits per heavy atom. The largest absolute Gasteiger partial charge is 0.487 e. The molecular formula is C14H19N3O4. The van der Waals surface area contributed by atoms with E-state index in [4.69, 9.17) is 4.74 Å². The van der Waals surface area contributed by atoms with Gasteiger partial charge in [-0.2, -0.15) is 0 Å². The first kappa shape index (κ1) is 15.1. The molecule has 21 heavy (non-hydrogen) atoms. The molecule has 7 heteroatoms. The Labute approximate surface area is 123 Å². The standard InChI is InChI=1S/C14H19N3O4/c1-3-8-21-13-9-10(4-5-12(13)17(19)20)15-11-6-7-16(2)14(11)18/h4-5,9,11,15H,3,6-8H2,1-2H3. The summed E-state index contributed by atoms with van der Waals surface area (Å²) in [6.07, 6.45) is 1.48. The minimum atomic E-state index is -0.469. The lowest BCUT2D eigenvalue weighted by molar-refractivity contribution is -0.385. The highest BCUT2D eigenvalue weighted by atomic mass is 16.6. The molecule has 0 aromatic heterocycles. The first-order chi connectivity index (χ1) is 10.0. The number of carbonyl (C=O) groups is 1. The molecule has 1 unspecified atom stereocenters. The molecule has 114 valence electrons. The van der Waals surface area contributed by atoms with Crippen LogP contribution in [0.4, 0.5) is 11.4 Å². The summed E-state index contributed by atoms with van der Waals surface area (Å²) in [7, 11) is 1.76. The lowest BCUT2D eigenvalue weighted by Crippen LogP contribution is -2.30. The van der Waals surface area contributed by atoms with Crippen molar-refractivity contribution in [2.45, 2.75) is 25.8 Å². The van der Waals surface area contributed by atoms with E-state index < -0.39 is 4.92 Å². The molecule has 1 fully saturated rings. The van der Waals surface area contributed by atoms with Crippen LogP contribution in [0.15, 0.2) is 18.2 Å². The van der Waals surface area contributed by atoms with E-state index >= 15 is 0 Å². The molecule has 1 aliphatic rings. The van der Waals surface area contributed by atoms with Crippen LogP contribution in [0.3, 0.4) is 0 Å². The van der Waals surface area contributed by atoms with Crippen molar-refractivity contribution in [3.05, 3.63) is 28.3 Å². The number of nitro groups is 1. The zero-order valence-corrected chi connectivity index (χ0v) is 12.2. The molecule has 1 saturated heterocycles. The Balaban J connectivity index is 2.17. The van der Waals surface area contributed by atoms with Crippen molar-refractivity contribution in [2.24, 2.45) is 0 Å². The maximum Gasteiger partial charge on any atom is 0.311 e. The van der Waals surface area contributed by atoms with Crippen LogP contribution in [-0.4, -0.2) is 42.0 Å². The summed E-state index contributed by atoms with van der Waals surface area (Å²) in [5.41, 5.74) is 0.587. The van der Waals surface area contributed by atoms with Crippen molar-refractivity contribution in [1.29, 1.82) is 0 Å². The van der Waals surface area contributed by atoms with Gasteiger partial charge >= 0.3 is 5.69 Å². The van der Waals surface area contributed by atoms with Crippen LogP contribution in [0.1, 0.15) is 19.8 Å². The van der Waals surface area contributed by atoms with Gasteiger partial charge in [0.25, 0.3) is 0 Å². The highest BCUT2D eigenvalue weighted by Gasteiger charge is 2.29. The van der Waals surface area contributed by atoms with Crippen LogP contribution in [0.2, 0.25) is 0 Å². The molecule has 2 rings (SSSR count). The molecular weight excluding hydrogens is 274 g/mol. The van der Waals surface area contributed by atoms with Crippen molar-refractivity contribution >= 4 is 17.3 Å². The molecule has 7 nitrogen and oxygen atoms in total. The molecule has 1 heterocycles. The van der Waals surface area contributed by atoms with Gasteiger partial charge in [-0.3, -0.25) is 14.9 Å². The number of ether oxygens (including phenoxy) is 1. The fourth-order valence-corrected chi connectivity index (χ4v) is 2.24. The van der Waals surface area contributed by atoms with Crippen LogP contribution in [0.25, 0.3) is 0 Å². The summed E-state index contributed by atoms with van der Waals surface area (Å²) < 4.78 is 5.42. The third-order valence-corrected chi connectivity index (χ3v) is 3.39. The van der Waals surface area contributed by atoms with E-state index in [1.807, 2.05) is 6.92 Å². The molecule has 1 N–H and O–H groups in total. The Kier molecular flexibility index (Phi) is 4.62. The van der Waals surface area contributed by atoms with Gasteiger partial charge < -0.3 is 15.0 Å². The molecule has 1 aliphatic heterocycles. The second-order valence-electron chi connectivity index (χ2n) is 5.03. The van der Waals surface area contributed by atoms with Gasteiger partial charge in [0.1, 0.15) is 6.04 Å². The van der Waals surface area contributed by atoms with E-state index in [0.717, 1.165) is 12.8 Å². The Hall–Kier alpha value is -2.31. The van der Waals surface area contributed by atoms with E-state index in [2.05, 4.69) is 5.32 Å². The number of benzene rings is 1. The van der Waals surface area contributed by atoms with Crippen molar-refractivity contribution in [2.75, 3.05) is 25.5 Å². The zero-order valence-electron chi connectivity index (χ0n) is 12.2. The number of nitrogens with zero attached hydrogens (tertiary/aromatic N) is 2. The van der Waals surface area contributed by atoms with Crippen molar-refractivity contribution in [1.82, 2.24) is 4.90 Å². The van der Waals surface area contributed by atoms with Crippen molar-refractivity contribution in [3.63, 3.8) is 0 Å². The number of nitro benzene ring substituents is 1. The highest BCUT2D eigenvalue weighted by molar-refractivity contribution is 5.86. The van der Waals surface area contributed by atoms with Crippen LogP contribution in [-0.2, 0) is 4.79 Å². The maximum atomic E-state index is 11.9. The van der Waals surface area contributed by atoms with Gasteiger partial charge in [-0.15, -0.1) is 0 Å². The molecule has 1 aromatic rings. The van der Waals surface area contributed by atoms with Gasteiger partial charge in [-0.1, -0.05) is 6.92 Å². The van der Waals surface area contributed by atoms with Gasteiger partial charge in [-0.25, -0.2) is 0 Å². The number of likely N-dealkylation sites (tertiary alicyclic amines) is 1. The lowest BCUT2D eigenvalue weighted by Gasteiger charge is -2.14. The molecule has 0 aliphatic carbocycles. The number of hydrogen-bond acceptors (Lipinski definition) is 5. The normalized spacial score (nSPS) is 17.9. The summed E-state index contributed by atoms with van der Waals surface area (Å²) in [5.74, 6) is 0.259. The molecule has 0 bridgehead atoms. The average Bonchev–Trinajstić information content (AvgIpc) is 2.77. The molecule has 1 atom stereocenters. The Morgan fingerprint density at radius 2 is 2.29 bits per heavy atom. The third-order valence-electron chi connectivity index (χ3n) is 3.39. The van der Waals surface area contributed by atoms with E-state index in [-0.39, 0.29) is 23.4 Å². The number of hydrogen-bond donors (Lipinski definition) is 1. The van der Waals surface area contributed by atoms with E-state index in [1.165, 1.54) is 6.07 Å². The van der Waals surface area contributed by atoms with Crippen LogP contribution in [0.5, 0.6) is 5.75 Å². The van der Waals surface area contributed by atoms with Gasteiger partial charge in [0.05, 0.1) is 11.5 Å². The summed E-state index contributed by atoms with van der Waals surface area (Å²) in [6, 6.07) is 4.30. The Bertz CT molecular complexity index is 547. The van der Waals surface area contributed by atoms with Gasteiger partial charge in [0.15, 0.2) is 5.75 Å². The lowest BCUT2D eigenvalue weighted by atomic mass is 10.2. The number of likely N-dealkylation sites (N-methyl/N-ethyl adjacent to an activating group) is 1. The number of rotatable bonds is 6. The zero-order chi connectivity index (χ0) is 15.4. The second-order valence-corrected chi connectivity index (χ2v) is 5.03. The number of amides is 1. The maximum absolute atomic E-state index is 11.9. The number of anilines is 1. The average molecular weight is 293 g/mol. The minimum absolute atomic E-state index is 0.0318. The predicted molar refractivity (Wildman–Crippen MR) is 78.5 cm³/mol. The summed E-state index contributed by atoms with van der Waals surface area (Å²) >= 11 is 0. The molecule has 0 saturated carbocycles. The van der Waals surface area contributed by atoms with Crippen LogP contribution >= 0.6 is 0 Å². The first-order valence-corrected chi connectivity index (χ1v) is 6.95. The second kappa shape index (κ2) is 6.43.